The summed E-state index contributed by atoms with van der Waals surface area (Å²) in [5, 5.41) is 4.00. The molecule has 4 nitrogen and oxygen atoms in total. The largest absolute Gasteiger partial charge is 0.494 e. The molecule has 0 heterocycles. The van der Waals surface area contributed by atoms with Gasteiger partial charge in [0.15, 0.2) is 0 Å². The number of amides is 1. The zero-order valence-electron chi connectivity index (χ0n) is 15.1. The SMILES string of the molecule is CCCCCCCOc1ccc(/C=N\NC(=O)c2cccc(Br)c2)cc1. The Morgan fingerprint density at radius 2 is 1.88 bits per heavy atom. The van der Waals surface area contributed by atoms with Gasteiger partial charge in [0.2, 0.25) is 0 Å². The minimum atomic E-state index is -0.245. The van der Waals surface area contributed by atoms with Crippen LogP contribution in [0.1, 0.15) is 54.9 Å². The molecule has 0 spiro atoms. The third-order valence-electron chi connectivity index (χ3n) is 3.86. The highest BCUT2D eigenvalue weighted by atomic mass is 79.9. The van der Waals surface area contributed by atoms with Crippen molar-refractivity contribution in [3.05, 3.63) is 64.1 Å². The molecule has 0 atom stereocenters. The molecule has 0 saturated heterocycles. The molecule has 5 heteroatoms. The fraction of sp³-hybridized carbons (Fsp3) is 0.333. The molecule has 2 aromatic carbocycles. The average molecular weight is 417 g/mol. The number of hydrogen-bond donors (Lipinski definition) is 1. The Morgan fingerprint density at radius 1 is 1.12 bits per heavy atom. The number of nitrogens with one attached hydrogen (secondary N) is 1. The molecule has 0 fully saturated rings. The van der Waals surface area contributed by atoms with Crippen molar-refractivity contribution in [2.24, 2.45) is 5.10 Å². The van der Waals surface area contributed by atoms with Gasteiger partial charge in [-0.25, -0.2) is 5.43 Å². The van der Waals surface area contributed by atoms with E-state index in [1.807, 2.05) is 36.4 Å². The zero-order valence-corrected chi connectivity index (χ0v) is 16.7. The second-order valence-electron chi connectivity index (χ2n) is 6.04. The Labute approximate surface area is 163 Å². The summed E-state index contributed by atoms with van der Waals surface area (Å²) in [5.74, 6) is 0.612. The van der Waals surface area contributed by atoms with Crippen LogP contribution in [0.2, 0.25) is 0 Å². The van der Waals surface area contributed by atoms with Gasteiger partial charge in [-0.3, -0.25) is 4.79 Å². The number of carbonyl (C=O) groups is 1. The van der Waals surface area contributed by atoms with E-state index < -0.39 is 0 Å². The summed E-state index contributed by atoms with van der Waals surface area (Å²) in [7, 11) is 0. The average Bonchev–Trinajstić information content (AvgIpc) is 2.65. The lowest BCUT2D eigenvalue weighted by Gasteiger charge is -2.06. The van der Waals surface area contributed by atoms with Crippen LogP contribution in [0.25, 0.3) is 0 Å². The van der Waals surface area contributed by atoms with E-state index in [1.54, 1.807) is 18.3 Å². The first-order valence-electron chi connectivity index (χ1n) is 9.01. The fourth-order valence-electron chi connectivity index (χ4n) is 2.41. The van der Waals surface area contributed by atoms with Gasteiger partial charge in [0.05, 0.1) is 12.8 Å². The van der Waals surface area contributed by atoms with Gasteiger partial charge in [0.1, 0.15) is 5.75 Å². The van der Waals surface area contributed by atoms with Gasteiger partial charge in [-0.2, -0.15) is 5.10 Å². The van der Waals surface area contributed by atoms with E-state index in [4.69, 9.17) is 4.74 Å². The first-order chi connectivity index (χ1) is 12.7. The number of benzene rings is 2. The highest BCUT2D eigenvalue weighted by molar-refractivity contribution is 9.10. The van der Waals surface area contributed by atoms with Crippen molar-refractivity contribution < 1.29 is 9.53 Å². The van der Waals surface area contributed by atoms with Crippen molar-refractivity contribution in [2.75, 3.05) is 6.61 Å². The third kappa shape index (κ3) is 7.40. The number of hydrazone groups is 1. The van der Waals surface area contributed by atoms with E-state index in [9.17, 15) is 4.79 Å². The van der Waals surface area contributed by atoms with Gasteiger partial charge in [0, 0.05) is 10.0 Å². The molecule has 0 aliphatic heterocycles. The van der Waals surface area contributed by atoms with Crippen LogP contribution in [0.5, 0.6) is 5.75 Å². The zero-order chi connectivity index (χ0) is 18.6. The van der Waals surface area contributed by atoms with Crippen LogP contribution >= 0.6 is 15.9 Å². The molecular formula is C21H25BrN2O2. The summed E-state index contributed by atoms with van der Waals surface area (Å²) in [6.45, 7) is 2.97. The van der Waals surface area contributed by atoms with Gasteiger partial charge in [-0.1, -0.05) is 54.6 Å². The number of rotatable bonds is 10. The number of hydrogen-bond acceptors (Lipinski definition) is 3. The lowest BCUT2D eigenvalue weighted by Crippen LogP contribution is -2.17. The fourth-order valence-corrected chi connectivity index (χ4v) is 2.80. The molecule has 2 aromatic rings. The molecule has 0 unspecified atom stereocenters. The van der Waals surface area contributed by atoms with Crippen molar-refractivity contribution in [2.45, 2.75) is 39.0 Å². The molecule has 0 aliphatic rings. The summed E-state index contributed by atoms with van der Waals surface area (Å²) in [5.41, 5.74) is 3.98. The van der Waals surface area contributed by atoms with E-state index >= 15 is 0 Å². The summed E-state index contributed by atoms with van der Waals surface area (Å²) < 4.78 is 6.59. The van der Waals surface area contributed by atoms with Gasteiger partial charge < -0.3 is 4.74 Å². The quantitative estimate of drug-likeness (QED) is 0.313. The summed E-state index contributed by atoms with van der Waals surface area (Å²) >= 11 is 3.35. The molecular weight excluding hydrogens is 392 g/mol. The molecule has 1 N–H and O–H groups in total. The minimum absolute atomic E-state index is 0.245. The Bertz CT molecular complexity index is 714. The monoisotopic (exact) mass is 416 g/mol. The third-order valence-corrected chi connectivity index (χ3v) is 4.36. The van der Waals surface area contributed by atoms with E-state index in [0.29, 0.717) is 5.56 Å². The lowest BCUT2D eigenvalue weighted by atomic mass is 10.2. The van der Waals surface area contributed by atoms with Crippen molar-refractivity contribution in [3.8, 4) is 5.75 Å². The predicted octanol–water partition coefficient (Wildman–Crippen LogP) is 5.56. The van der Waals surface area contributed by atoms with E-state index in [-0.39, 0.29) is 5.91 Å². The van der Waals surface area contributed by atoms with Crippen molar-refractivity contribution >= 4 is 28.1 Å². The maximum atomic E-state index is 12.0. The van der Waals surface area contributed by atoms with Crippen LogP contribution in [0.15, 0.2) is 58.1 Å². The van der Waals surface area contributed by atoms with Crippen LogP contribution in [0.4, 0.5) is 0 Å². The highest BCUT2D eigenvalue weighted by Crippen LogP contribution is 2.13. The number of nitrogens with zero attached hydrogens (tertiary/aromatic N) is 1. The first kappa shape index (κ1) is 20.2. The Hall–Kier alpha value is -2.14. The Morgan fingerprint density at radius 3 is 2.62 bits per heavy atom. The van der Waals surface area contributed by atoms with Gasteiger partial charge in [-0.05, 0) is 54.4 Å². The van der Waals surface area contributed by atoms with E-state index in [0.717, 1.165) is 28.8 Å². The van der Waals surface area contributed by atoms with Gasteiger partial charge in [0.25, 0.3) is 5.91 Å². The molecule has 2 rings (SSSR count). The first-order valence-corrected chi connectivity index (χ1v) is 9.80. The Balaban J connectivity index is 1.74. The number of carbonyl (C=O) groups excluding carboxylic acids is 1. The molecule has 1 amide bonds. The molecule has 26 heavy (non-hydrogen) atoms. The van der Waals surface area contributed by atoms with Crippen LogP contribution in [0.3, 0.4) is 0 Å². The lowest BCUT2D eigenvalue weighted by molar-refractivity contribution is 0.0955. The Kier molecular flexibility index (Phi) is 8.90. The molecule has 0 radical (unpaired) electrons. The number of ether oxygens (including phenoxy) is 1. The minimum Gasteiger partial charge on any atom is -0.494 e. The summed E-state index contributed by atoms with van der Waals surface area (Å²) in [6, 6.07) is 14.8. The predicted molar refractivity (Wildman–Crippen MR) is 110 cm³/mol. The molecule has 0 bridgehead atoms. The van der Waals surface area contributed by atoms with Crippen molar-refractivity contribution in [1.82, 2.24) is 5.43 Å². The van der Waals surface area contributed by atoms with E-state index in [1.165, 1.54) is 25.7 Å². The second-order valence-corrected chi connectivity index (χ2v) is 6.96. The van der Waals surface area contributed by atoms with Gasteiger partial charge >= 0.3 is 0 Å². The standard InChI is InChI=1S/C21H25BrN2O2/c1-2-3-4-5-6-14-26-20-12-10-17(11-13-20)16-23-24-21(25)18-8-7-9-19(22)15-18/h7-13,15-16H,2-6,14H2,1H3,(H,24,25)/b23-16-. The topological polar surface area (TPSA) is 50.7 Å². The highest BCUT2D eigenvalue weighted by Gasteiger charge is 2.03. The molecule has 0 saturated carbocycles. The van der Waals surface area contributed by atoms with Crippen molar-refractivity contribution in [3.63, 3.8) is 0 Å². The van der Waals surface area contributed by atoms with Crippen LogP contribution in [0, 0.1) is 0 Å². The summed E-state index contributed by atoms with van der Waals surface area (Å²) in [4.78, 5) is 12.0. The van der Waals surface area contributed by atoms with Crippen LogP contribution in [-0.2, 0) is 0 Å². The second kappa shape index (κ2) is 11.5. The summed E-state index contributed by atoms with van der Waals surface area (Å²) in [6.07, 6.45) is 7.76. The molecule has 0 aromatic heterocycles. The number of halogens is 1. The van der Waals surface area contributed by atoms with Crippen LogP contribution in [-0.4, -0.2) is 18.7 Å². The van der Waals surface area contributed by atoms with E-state index in [2.05, 4.69) is 33.4 Å². The van der Waals surface area contributed by atoms with Gasteiger partial charge in [-0.15, -0.1) is 0 Å². The smallest absolute Gasteiger partial charge is 0.271 e. The van der Waals surface area contributed by atoms with Crippen LogP contribution < -0.4 is 10.2 Å². The molecule has 0 aliphatic carbocycles. The van der Waals surface area contributed by atoms with Crippen molar-refractivity contribution in [1.29, 1.82) is 0 Å². The molecule has 138 valence electrons. The maximum absolute atomic E-state index is 12.0. The normalized spacial score (nSPS) is 10.8. The number of unbranched alkanes of at least 4 members (excludes halogenated alkanes) is 4. The maximum Gasteiger partial charge on any atom is 0.271 e.